The number of anilines is 1. The van der Waals surface area contributed by atoms with E-state index in [1.165, 1.54) is 0 Å². The van der Waals surface area contributed by atoms with Crippen LogP contribution in [0.2, 0.25) is 0 Å². The van der Waals surface area contributed by atoms with Crippen LogP contribution in [0.1, 0.15) is 10.5 Å². The Balaban J connectivity index is 1.68. The maximum atomic E-state index is 12.9. The fraction of sp³-hybridized carbons (Fsp3) is 0.0476. The third kappa shape index (κ3) is 2.91. The summed E-state index contributed by atoms with van der Waals surface area (Å²) in [5, 5.41) is 4.02. The highest BCUT2D eigenvalue weighted by Gasteiger charge is 2.19. The van der Waals surface area contributed by atoms with Crippen molar-refractivity contribution in [2.24, 2.45) is 7.05 Å². The molecule has 0 saturated heterocycles. The highest BCUT2D eigenvalue weighted by Crippen LogP contribution is 2.31. The highest BCUT2D eigenvalue weighted by atomic mass is 79.9. The van der Waals surface area contributed by atoms with E-state index in [1.54, 1.807) is 12.4 Å². The van der Waals surface area contributed by atoms with E-state index in [9.17, 15) is 4.79 Å². The van der Waals surface area contributed by atoms with Gasteiger partial charge in [-0.15, -0.1) is 0 Å². The van der Waals surface area contributed by atoms with Crippen LogP contribution in [0.15, 0.2) is 77.5 Å². The topological polar surface area (TPSA) is 46.9 Å². The normalized spacial score (nSPS) is 10.8. The molecule has 0 unspecified atom stereocenters. The average Bonchev–Trinajstić information content (AvgIpc) is 2.94. The average molecular weight is 406 g/mol. The van der Waals surface area contributed by atoms with Crippen molar-refractivity contribution >= 4 is 38.4 Å². The lowest BCUT2D eigenvalue weighted by Gasteiger charge is -2.09. The van der Waals surface area contributed by atoms with Gasteiger partial charge < -0.3 is 9.88 Å². The molecule has 0 spiro atoms. The first-order valence-corrected chi connectivity index (χ1v) is 8.99. The van der Waals surface area contributed by atoms with Crippen molar-refractivity contribution in [3.63, 3.8) is 0 Å². The van der Waals surface area contributed by atoms with Crippen LogP contribution in [-0.2, 0) is 7.05 Å². The fourth-order valence-corrected chi connectivity index (χ4v) is 3.89. The van der Waals surface area contributed by atoms with Gasteiger partial charge >= 0.3 is 0 Å². The van der Waals surface area contributed by atoms with E-state index in [-0.39, 0.29) is 5.91 Å². The summed E-state index contributed by atoms with van der Waals surface area (Å²) in [7, 11) is 1.90. The van der Waals surface area contributed by atoms with Crippen molar-refractivity contribution in [2.45, 2.75) is 0 Å². The molecule has 26 heavy (non-hydrogen) atoms. The number of aromatic nitrogens is 2. The summed E-state index contributed by atoms with van der Waals surface area (Å²) in [5.74, 6) is -0.151. The Kier molecular flexibility index (Phi) is 4.31. The van der Waals surface area contributed by atoms with Crippen molar-refractivity contribution in [3.8, 4) is 11.1 Å². The van der Waals surface area contributed by atoms with Gasteiger partial charge in [0, 0.05) is 36.0 Å². The number of carbonyl (C=O) groups is 1. The van der Waals surface area contributed by atoms with Gasteiger partial charge in [0.15, 0.2) is 0 Å². The molecule has 4 rings (SSSR count). The molecule has 0 bridgehead atoms. The fourth-order valence-electron chi connectivity index (χ4n) is 3.11. The predicted molar refractivity (Wildman–Crippen MR) is 108 cm³/mol. The number of hydrogen-bond acceptors (Lipinski definition) is 2. The minimum atomic E-state index is -0.151. The predicted octanol–water partition coefficient (Wildman–Crippen LogP) is 5.26. The lowest BCUT2D eigenvalue weighted by atomic mass is 10.1. The molecule has 2 aromatic heterocycles. The summed E-state index contributed by atoms with van der Waals surface area (Å²) in [4.78, 5) is 16.9. The van der Waals surface area contributed by atoms with Crippen LogP contribution in [0.4, 0.5) is 5.69 Å². The molecule has 1 N–H and O–H groups in total. The quantitative estimate of drug-likeness (QED) is 0.505. The van der Waals surface area contributed by atoms with Crippen LogP contribution in [0, 0.1) is 0 Å². The Hall–Kier alpha value is -2.92. The zero-order valence-electron chi connectivity index (χ0n) is 14.1. The molecule has 2 aromatic carbocycles. The first kappa shape index (κ1) is 16.5. The number of para-hydroxylation sites is 1. The molecule has 1 amide bonds. The second kappa shape index (κ2) is 6.77. The number of amides is 1. The maximum Gasteiger partial charge on any atom is 0.273 e. The second-order valence-electron chi connectivity index (χ2n) is 6.01. The summed E-state index contributed by atoms with van der Waals surface area (Å²) < 4.78 is 2.71. The van der Waals surface area contributed by atoms with Gasteiger partial charge in [-0.05, 0) is 57.4 Å². The van der Waals surface area contributed by atoms with Gasteiger partial charge in [0.1, 0.15) is 5.69 Å². The van der Waals surface area contributed by atoms with Crippen molar-refractivity contribution < 1.29 is 4.79 Å². The van der Waals surface area contributed by atoms with Crippen LogP contribution < -0.4 is 5.32 Å². The molecule has 0 fully saturated rings. The van der Waals surface area contributed by atoms with Crippen molar-refractivity contribution in [2.75, 3.05) is 5.32 Å². The zero-order valence-corrected chi connectivity index (χ0v) is 15.7. The second-order valence-corrected chi connectivity index (χ2v) is 6.80. The first-order chi connectivity index (χ1) is 12.6. The number of rotatable bonds is 3. The van der Waals surface area contributed by atoms with E-state index in [0.717, 1.165) is 32.2 Å². The highest BCUT2D eigenvalue weighted by molar-refractivity contribution is 9.10. The third-order valence-corrected chi connectivity index (χ3v) is 5.20. The summed E-state index contributed by atoms with van der Waals surface area (Å²) >= 11 is 3.58. The van der Waals surface area contributed by atoms with Gasteiger partial charge in [-0.25, -0.2) is 0 Å². The number of halogens is 1. The van der Waals surface area contributed by atoms with Crippen LogP contribution in [-0.4, -0.2) is 15.5 Å². The van der Waals surface area contributed by atoms with Crippen LogP contribution in [0.25, 0.3) is 22.0 Å². The standard InChI is InChI=1S/C21H16BrN3O/c1-25-18-8-3-2-7-17(18)19(22)20(25)21(26)24-16-6-4-5-15(13-16)14-9-11-23-12-10-14/h2-13H,1H3,(H,24,26). The minimum Gasteiger partial charge on any atom is -0.339 e. The molecule has 0 aliphatic carbocycles. The Bertz CT molecular complexity index is 1060. The molecule has 4 nitrogen and oxygen atoms in total. The van der Waals surface area contributed by atoms with E-state index in [4.69, 9.17) is 0 Å². The number of aryl methyl sites for hydroxylation is 1. The number of carbonyl (C=O) groups excluding carboxylic acids is 1. The number of fused-ring (bicyclic) bond motifs is 1. The monoisotopic (exact) mass is 405 g/mol. The van der Waals surface area contributed by atoms with Crippen molar-refractivity contribution in [3.05, 3.63) is 83.2 Å². The molecule has 2 heterocycles. The Morgan fingerprint density at radius 1 is 1.00 bits per heavy atom. The molecular formula is C21H16BrN3O. The largest absolute Gasteiger partial charge is 0.339 e. The molecule has 128 valence electrons. The Morgan fingerprint density at radius 3 is 2.54 bits per heavy atom. The van der Waals surface area contributed by atoms with E-state index in [2.05, 4.69) is 26.2 Å². The number of nitrogens with one attached hydrogen (secondary N) is 1. The number of benzene rings is 2. The molecule has 0 radical (unpaired) electrons. The molecule has 0 aliphatic rings. The molecule has 4 aromatic rings. The summed E-state index contributed by atoms with van der Waals surface area (Å²) in [5.41, 5.74) is 4.44. The maximum absolute atomic E-state index is 12.9. The lowest BCUT2D eigenvalue weighted by Crippen LogP contribution is -2.16. The van der Waals surface area contributed by atoms with Crippen LogP contribution in [0.3, 0.4) is 0 Å². The summed E-state index contributed by atoms with van der Waals surface area (Å²) in [6.45, 7) is 0. The minimum absolute atomic E-state index is 0.151. The van der Waals surface area contributed by atoms with Gasteiger partial charge in [-0.3, -0.25) is 9.78 Å². The number of hydrogen-bond donors (Lipinski definition) is 1. The van der Waals surface area contributed by atoms with Crippen molar-refractivity contribution in [1.29, 1.82) is 0 Å². The molecule has 0 saturated carbocycles. The Labute approximate surface area is 159 Å². The zero-order chi connectivity index (χ0) is 18.1. The van der Waals surface area contributed by atoms with Gasteiger partial charge in [0.25, 0.3) is 5.91 Å². The number of pyridine rings is 1. The van der Waals surface area contributed by atoms with E-state index >= 15 is 0 Å². The summed E-state index contributed by atoms with van der Waals surface area (Å²) in [6.07, 6.45) is 3.51. The third-order valence-electron chi connectivity index (χ3n) is 4.39. The summed E-state index contributed by atoms with van der Waals surface area (Å²) in [6, 6.07) is 19.6. The molecule has 0 atom stereocenters. The molecule has 0 aliphatic heterocycles. The van der Waals surface area contributed by atoms with Gasteiger partial charge in [-0.1, -0.05) is 30.3 Å². The molecule has 5 heteroatoms. The SMILES string of the molecule is Cn1c(C(=O)Nc2cccc(-c3ccncc3)c2)c(Br)c2ccccc21. The lowest BCUT2D eigenvalue weighted by molar-refractivity contribution is 0.101. The molecular weight excluding hydrogens is 390 g/mol. The van der Waals surface area contributed by atoms with Gasteiger partial charge in [0.05, 0.1) is 4.47 Å². The number of nitrogens with zero attached hydrogens (tertiary/aromatic N) is 2. The Morgan fingerprint density at radius 2 is 1.77 bits per heavy atom. The first-order valence-electron chi connectivity index (χ1n) is 8.20. The smallest absolute Gasteiger partial charge is 0.273 e. The van der Waals surface area contributed by atoms with E-state index in [0.29, 0.717) is 5.69 Å². The van der Waals surface area contributed by atoms with Crippen LogP contribution >= 0.6 is 15.9 Å². The van der Waals surface area contributed by atoms with E-state index in [1.807, 2.05) is 72.3 Å². The van der Waals surface area contributed by atoms with Gasteiger partial charge in [-0.2, -0.15) is 0 Å². The van der Waals surface area contributed by atoms with Gasteiger partial charge in [0.2, 0.25) is 0 Å². The van der Waals surface area contributed by atoms with Crippen molar-refractivity contribution in [1.82, 2.24) is 9.55 Å². The van der Waals surface area contributed by atoms with Crippen LogP contribution in [0.5, 0.6) is 0 Å². The van der Waals surface area contributed by atoms with E-state index < -0.39 is 0 Å².